The van der Waals surface area contributed by atoms with Crippen LogP contribution in [0.5, 0.6) is 0 Å². The van der Waals surface area contributed by atoms with E-state index in [1.165, 1.54) is 42.8 Å². The van der Waals surface area contributed by atoms with E-state index >= 15 is 0 Å². The Morgan fingerprint density at radius 2 is 1.73 bits per heavy atom. The van der Waals surface area contributed by atoms with Crippen LogP contribution in [0, 0.1) is 5.82 Å². The summed E-state index contributed by atoms with van der Waals surface area (Å²) in [5.41, 5.74) is 1.07. The second kappa shape index (κ2) is 8.28. The summed E-state index contributed by atoms with van der Waals surface area (Å²) in [6.45, 7) is 0. The number of rotatable bonds is 4. The van der Waals surface area contributed by atoms with Crippen molar-refractivity contribution < 1.29 is 31.1 Å². The van der Waals surface area contributed by atoms with E-state index in [9.17, 15) is 26.6 Å². The monoisotopic (exact) mass is 478 g/mol. The molecule has 0 fully saturated rings. The molecule has 0 N–H and O–H groups in total. The number of nitrogens with zero attached hydrogens (tertiary/aromatic N) is 4. The topological polar surface area (TPSA) is 90.3 Å². The fraction of sp³-hybridized carbons (Fsp3) is 0.0952. The lowest BCUT2D eigenvalue weighted by Crippen LogP contribution is -2.04. The lowest BCUT2D eigenvalue weighted by atomic mass is 10.2. The minimum Gasteiger partial charge on any atom is -0.329 e. The van der Waals surface area contributed by atoms with Gasteiger partial charge in [-0.1, -0.05) is 5.16 Å². The second-order valence-electron chi connectivity index (χ2n) is 6.93. The zero-order valence-corrected chi connectivity index (χ0v) is 17.6. The second-order valence-corrected chi connectivity index (χ2v) is 9.19. The SMILES string of the molecule is CS(=O)(=NC(=O)c1ccn(-c2ccc(-c3noc(C(F)(F)F)n3)cc2)c1)c1ccc(F)cc1. The molecule has 4 rings (SSSR count). The van der Waals surface area contributed by atoms with Gasteiger partial charge in [0.1, 0.15) is 5.82 Å². The third kappa shape index (κ3) is 4.85. The largest absolute Gasteiger partial charge is 0.471 e. The van der Waals surface area contributed by atoms with Crippen LogP contribution in [0.15, 0.2) is 80.8 Å². The highest BCUT2D eigenvalue weighted by Crippen LogP contribution is 2.29. The van der Waals surface area contributed by atoms with Gasteiger partial charge >= 0.3 is 12.1 Å². The minimum absolute atomic E-state index is 0.170. The molecule has 7 nitrogen and oxygen atoms in total. The highest BCUT2D eigenvalue weighted by Gasteiger charge is 2.38. The lowest BCUT2D eigenvalue weighted by molar-refractivity contribution is -0.159. The Labute approximate surface area is 184 Å². The van der Waals surface area contributed by atoms with Crippen LogP contribution in [0.2, 0.25) is 0 Å². The van der Waals surface area contributed by atoms with Crippen molar-refractivity contribution in [3.8, 4) is 17.1 Å². The maximum Gasteiger partial charge on any atom is 0.471 e. The van der Waals surface area contributed by atoms with Gasteiger partial charge in [-0.15, -0.1) is 0 Å². The lowest BCUT2D eigenvalue weighted by Gasteiger charge is -2.04. The average molecular weight is 478 g/mol. The van der Waals surface area contributed by atoms with Gasteiger partial charge in [-0.3, -0.25) is 4.79 Å². The maximum absolute atomic E-state index is 13.1. The highest BCUT2D eigenvalue weighted by molar-refractivity contribution is 7.93. The predicted octanol–water partition coefficient (Wildman–Crippen LogP) is 4.98. The van der Waals surface area contributed by atoms with Crippen molar-refractivity contribution in [3.05, 3.63) is 84.3 Å². The Hall–Kier alpha value is -3.80. The van der Waals surface area contributed by atoms with Gasteiger partial charge in [-0.2, -0.15) is 22.5 Å². The molecule has 0 radical (unpaired) electrons. The average Bonchev–Trinajstić information content (AvgIpc) is 3.44. The van der Waals surface area contributed by atoms with Crippen LogP contribution in [-0.2, 0) is 15.9 Å². The molecule has 0 aliphatic heterocycles. The summed E-state index contributed by atoms with van der Waals surface area (Å²) in [7, 11) is -3.08. The van der Waals surface area contributed by atoms with Crippen molar-refractivity contribution in [3.63, 3.8) is 0 Å². The number of benzene rings is 2. The molecule has 0 spiro atoms. The normalized spacial score (nSPS) is 13.5. The van der Waals surface area contributed by atoms with Gasteiger partial charge in [0.05, 0.1) is 15.3 Å². The first-order chi connectivity index (χ1) is 15.5. The molecular formula is C21H14F4N4O3S. The molecule has 0 saturated heterocycles. The number of alkyl halides is 3. The van der Waals surface area contributed by atoms with Gasteiger partial charge in [0, 0.05) is 34.8 Å². The summed E-state index contributed by atoms with van der Waals surface area (Å²) < 4.78 is 73.3. The van der Waals surface area contributed by atoms with Gasteiger partial charge in [0.25, 0.3) is 5.91 Å². The van der Waals surface area contributed by atoms with Crippen molar-refractivity contribution in [2.24, 2.45) is 4.36 Å². The third-order valence-electron chi connectivity index (χ3n) is 4.54. The first-order valence-electron chi connectivity index (χ1n) is 9.25. The van der Waals surface area contributed by atoms with Gasteiger partial charge in [0.2, 0.25) is 5.82 Å². The molecule has 33 heavy (non-hydrogen) atoms. The molecule has 2 aromatic carbocycles. The van der Waals surface area contributed by atoms with E-state index in [4.69, 9.17) is 0 Å². The van der Waals surface area contributed by atoms with E-state index in [2.05, 4.69) is 19.0 Å². The number of halogens is 4. The van der Waals surface area contributed by atoms with E-state index in [1.807, 2.05) is 0 Å². The summed E-state index contributed by atoms with van der Waals surface area (Å²) in [4.78, 5) is 16.1. The summed E-state index contributed by atoms with van der Waals surface area (Å²) in [5.74, 6) is -2.86. The summed E-state index contributed by atoms with van der Waals surface area (Å²) in [5, 5.41) is 3.33. The zero-order valence-electron chi connectivity index (χ0n) is 16.8. The smallest absolute Gasteiger partial charge is 0.329 e. The molecule has 0 saturated carbocycles. The van der Waals surface area contributed by atoms with Crippen molar-refractivity contribution in [1.82, 2.24) is 14.7 Å². The number of amides is 1. The first-order valence-corrected chi connectivity index (χ1v) is 11.2. The Kier molecular flexibility index (Phi) is 5.62. The fourth-order valence-electron chi connectivity index (χ4n) is 2.87. The Bertz CT molecular complexity index is 1430. The Morgan fingerprint density at radius 1 is 1.06 bits per heavy atom. The van der Waals surface area contributed by atoms with Crippen LogP contribution in [0.4, 0.5) is 17.6 Å². The van der Waals surface area contributed by atoms with E-state index in [1.54, 1.807) is 22.9 Å². The third-order valence-corrected chi connectivity index (χ3v) is 6.20. The van der Waals surface area contributed by atoms with Gasteiger partial charge in [-0.05, 0) is 54.6 Å². The van der Waals surface area contributed by atoms with Crippen molar-refractivity contribution in [1.29, 1.82) is 0 Å². The zero-order chi connectivity index (χ0) is 23.8. The molecule has 1 amide bonds. The first kappa shape index (κ1) is 22.4. The molecule has 12 heteroatoms. The predicted molar refractivity (Wildman–Crippen MR) is 110 cm³/mol. The van der Waals surface area contributed by atoms with E-state index in [0.717, 1.165) is 12.1 Å². The fourth-order valence-corrected chi connectivity index (χ4v) is 4.04. The van der Waals surface area contributed by atoms with Crippen molar-refractivity contribution >= 4 is 15.6 Å². The summed E-state index contributed by atoms with van der Waals surface area (Å²) >= 11 is 0. The van der Waals surface area contributed by atoms with Crippen LogP contribution >= 0.6 is 0 Å². The van der Waals surface area contributed by atoms with Gasteiger partial charge in [0.15, 0.2) is 0 Å². The maximum atomic E-state index is 13.1. The quantitative estimate of drug-likeness (QED) is 0.386. The molecule has 0 bridgehead atoms. The number of hydrogen-bond acceptors (Lipinski definition) is 5. The Balaban J connectivity index is 1.54. The molecule has 0 aliphatic carbocycles. The van der Waals surface area contributed by atoms with Crippen LogP contribution in [0.25, 0.3) is 17.1 Å². The van der Waals surface area contributed by atoms with Crippen molar-refractivity contribution in [2.75, 3.05) is 6.26 Å². The highest BCUT2D eigenvalue weighted by atomic mass is 32.2. The molecule has 0 aliphatic rings. The van der Waals surface area contributed by atoms with Crippen LogP contribution < -0.4 is 0 Å². The molecular weight excluding hydrogens is 464 g/mol. The summed E-state index contributed by atoms with van der Waals surface area (Å²) in [6.07, 6.45) is -0.404. The van der Waals surface area contributed by atoms with Crippen LogP contribution in [0.3, 0.4) is 0 Å². The van der Waals surface area contributed by atoms with Gasteiger partial charge in [-0.25, -0.2) is 8.60 Å². The standard InChI is InChI=1S/C21H14F4N4O3S/c1-33(31,17-8-4-15(22)5-9-17)28-19(30)14-10-11-29(12-14)16-6-2-13(3-7-16)18-26-20(32-27-18)21(23,24)25/h2-12H,1H3. The number of aromatic nitrogens is 3. The number of hydrogen-bond donors (Lipinski definition) is 0. The van der Waals surface area contributed by atoms with Crippen molar-refractivity contribution in [2.45, 2.75) is 11.1 Å². The van der Waals surface area contributed by atoms with E-state index in [-0.39, 0.29) is 16.3 Å². The Morgan fingerprint density at radius 3 is 2.33 bits per heavy atom. The molecule has 2 heterocycles. The van der Waals surface area contributed by atoms with Gasteiger partial charge < -0.3 is 9.09 Å². The van der Waals surface area contributed by atoms with Crippen LogP contribution in [-0.4, -0.2) is 31.1 Å². The number of carbonyl (C=O) groups excluding carboxylic acids is 1. The molecule has 1 atom stereocenters. The van der Waals surface area contributed by atoms with Crippen LogP contribution in [0.1, 0.15) is 16.2 Å². The minimum atomic E-state index is -4.73. The van der Waals surface area contributed by atoms with E-state index in [0.29, 0.717) is 11.3 Å². The molecule has 1 unspecified atom stereocenters. The van der Waals surface area contributed by atoms with E-state index < -0.39 is 33.5 Å². The molecule has 4 aromatic rings. The number of carbonyl (C=O) groups is 1. The molecule has 2 aromatic heterocycles. The molecule has 170 valence electrons. The summed E-state index contributed by atoms with van der Waals surface area (Å²) in [6, 6.07) is 12.5.